The van der Waals surface area contributed by atoms with E-state index in [4.69, 9.17) is 16.7 Å². The number of hydrogen-bond donors (Lipinski definition) is 3. The summed E-state index contributed by atoms with van der Waals surface area (Å²) in [7, 11) is -3.78. The van der Waals surface area contributed by atoms with Gasteiger partial charge in [0.1, 0.15) is 0 Å². The van der Waals surface area contributed by atoms with E-state index in [1.54, 1.807) is 12.1 Å². The summed E-state index contributed by atoms with van der Waals surface area (Å²) in [6.07, 6.45) is 2.77. The maximum absolute atomic E-state index is 12.1. The van der Waals surface area contributed by atoms with Crippen molar-refractivity contribution >= 4 is 27.3 Å². The van der Waals surface area contributed by atoms with Crippen LogP contribution in [0.5, 0.6) is 0 Å². The molecule has 0 bridgehead atoms. The molecule has 1 aromatic carbocycles. The smallest absolute Gasteiger partial charge is 0.279 e. The van der Waals surface area contributed by atoms with Gasteiger partial charge in [0.05, 0.1) is 24.8 Å². The van der Waals surface area contributed by atoms with Gasteiger partial charge < -0.3 is 10.1 Å². The van der Waals surface area contributed by atoms with Crippen LogP contribution in [0.3, 0.4) is 0 Å². The summed E-state index contributed by atoms with van der Waals surface area (Å²) >= 11 is 5.89. The fourth-order valence-electron chi connectivity index (χ4n) is 1.51. The van der Waals surface area contributed by atoms with Gasteiger partial charge in [0.25, 0.3) is 10.0 Å². The Bertz CT molecular complexity index is 777. The molecular formula is C13H12ClN3O3S. The average molecular weight is 326 g/mol. The van der Waals surface area contributed by atoms with E-state index in [0.29, 0.717) is 17.0 Å². The largest absolute Gasteiger partial charge is 0.395 e. The van der Waals surface area contributed by atoms with Gasteiger partial charge in [-0.2, -0.15) is 8.42 Å². The van der Waals surface area contributed by atoms with Crippen molar-refractivity contribution in [1.29, 1.82) is 0 Å². The molecule has 2 aromatic rings. The minimum absolute atomic E-state index is 0.0586. The van der Waals surface area contributed by atoms with Crippen LogP contribution in [-0.4, -0.2) is 30.1 Å². The van der Waals surface area contributed by atoms with Gasteiger partial charge >= 0.3 is 0 Å². The first-order valence-corrected chi connectivity index (χ1v) is 7.79. The Balaban J connectivity index is 2.35. The van der Waals surface area contributed by atoms with Crippen LogP contribution in [-0.2, 0) is 10.0 Å². The number of rotatable bonds is 4. The minimum Gasteiger partial charge on any atom is -0.395 e. The highest BCUT2D eigenvalue weighted by atomic mass is 35.5. The molecule has 21 heavy (non-hydrogen) atoms. The second-order valence-electron chi connectivity index (χ2n) is 3.99. The van der Waals surface area contributed by atoms with Crippen LogP contribution in [0.4, 0.5) is 5.69 Å². The lowest BCUT2D eigenvalue weighted by Gasteiger charge is -2.08. The number of sulfonamides is 1. The van der Waals surface area contributed by atoms with E-state index < -0.39 is 10.0 Å². The third-order valence-corrected chi connectivity index (χ3v) is 3.97. The summed E-state index contributed by atoms with van der Waals surface area (Å²) in [4.78, 5) is 6.19. The van der Waals surface area contributed by atoms with Gasteiger partial charge in [-0.25, -0.2) is 4.98 Å². The molecular weight excluding hydrogens is 314 g/mol. The fourth-order valence-corrected chi connectivity index (χ4v) is 2.66. The Labute approximate surface area is 127 Å². The van der Waals surface area contributed by atoms with Crippen LogP contribution in [0.2, 0.25) is 5.02 Å². The number of hydrogen-bond acceptors (Lipinski definition) is 4. The Morgan fingerprint density at radius 3 is 2.90 bits per heavy atom. The van der Waals surface area contributed by atoms with Gasteiger partial charge in [-0.1, -0.05) is 23.4 Å². The molecule has 0 amide bonds. The van der Waals surface area contributed by atoms with Gasteiger partial charge in [0.2, 0.25) is 0 Å². The number of anilines is 1. The van der Waals surface area contributed by atoms with Gasteiger partial charge in [-0.3, -0.25) is 4.72 Å². The van der Waals surface area contributed by atoms with E-state index >= 15 is 0 Å². The predicted octanol–water partition coefficient (Wildman–Crippen LogP) is 1.60. The number of benzene rings is 1. The van der Waals surface area contributed by atoms with E-state index in [2.05, 4.69) is 26.5 Å². The van der Waals surface area contributed by atoms with Gasteiger partial charge in [-0.15, -0.1) is 0 Å². The van der Waals surface area contributed by atoms with Crippen molar-refractivity contribution in [2.24, 2.45) is 0 Å². The molecule has 0 aliphatic carbocycles. The Morgan fingerprint density at radius 2 is 2.24 bits per heavy atom. The molecule has 0 spiro atoms. The molecule has 0 saturated carbocycles. The van der Waals surface area contributed by atoms with Gasteiger partial charge in [0, 0.05) is 17.0 Å². The average Bonchev–Trinajstić information content (AvgIpc) is 2.96. The maximum atomic E-state index is 12.1. The Kier molecular flexibility index (Phi) is 4.85. The highest BCUT2D eigenvalue weighted by molar-refractivity contribution is 7.92. The van der Waals surface area contributed by atoms with Crippen molar-refractivity contribution in [2.45, 2.75) is 11.4 Å². The molecule has 0 aliphatic heterocycles. The van der Waals surface area contributed by atoms with Crippen LogP contribution in [0.1, 0.15) is 12.0 Å². The van der Waals surface area contributed by atoms with E-state index in [0.717, 1.165) is 0 Å². The van der Waals surface area contributed by atoms with Crippen molar-refractivity contribution in [3.05, 3.63) is 41.3 Å². The molecule has 2 rings (SSSR count). The normalized spacial score (nSPS) is 10.8. The second-order valence-corrected chi connectivity index (χ2v) is 6.07. The molecule has 1 heterocycles. The highest BCUT2D eigenvalue weighted by Gasteiger charge is 2.17. The summed E-state index contributed by atoms with van der Waals surface area (Å²) in [6.45, 7) is -0.0597. The highest BCUT2D eigenvalue weighted by Crippen LogP contribution is 2.23. The van der Waals surface area contributed by atoms with Crippen molar-refractivity contribution in [3.8, 4) is 11.8 Å². The zero-order valence-electron chi connectivity index (χ0n) is 10.8. The maximum Gasteiger partial charge on any atom is 0.279 e. The number of aromatic nitrogens is 2. The van der Waals surface area contributed by atoms with E-state index in [1.165, 1.54) is 18.6 Å². The molecule has 110 valence electrons. The number of aromatic amines is 1. The minimum atomic E-state index is -3.78. The molecule has 0 saturated heterocycles. The van der Waals surface area contributed by atoms with Crippen molar-refractivity contribution in [2.75, 3.05) is 11.3 Å². The standard InChI is InChI=1S/C13H12ClN3O3S/c14-11-5-4-10(3-1-2-6-18)12(7-11)17-21(19,20)13-8-15-9-16-13/h4-5,7-9,17-18H,2,6H2,(H,15,16). The fraction of sp³-hybridized carbons (Fsp3) is 0.154. The van der Waals surface area contributed by atoms with Gasteiger partial charge in [-0.05, 0) is 18.2 Å². The lowest BCUT2D eigenvalue weighted by Crippen LogP contribution is -2.14. The lowest BCUT2D eigenvalue weighted by atomic mass is 10.2. The van der Waals surface area contributed by atoms with Crippen LogP contribution in [0.25, 0.3) is 0 Å². The summed E-state index contributed by atoms with van der Waals surface area (Å²) in [5.41, 5.74) is 0.735. The molecule has 0 unspecified atom stereocenters. The molecule has 3 N–H and O–H groups in total. The molecule has 0 aliphatic rings. The van der Waals surface area contributed by atoms with Crippen LogP contribution in [0.15, 0.2) is 35.7 Å². The number of aliphatic hydroxyl groups is 1. The number of aliphatic hydroxyl groups excluding tert-OH is 1. The molecule has 6 nitrogen and oxygen atoms in total. The van der Waals surface area contributed by atoms with Crippen molar-refractivity contribution in [3.63, 3.8) is 0 Å². The summed E-state index contributed by atoms with van der Waals surface area (Å²) in [5.74, 6) is 5.52. The second kappa shape index (κ2) is 6.63. The number of nitrogens with one attached hydrogen (secondary N) is 2. The first kappa shape index (κ1) is 15.4. The molecule has 0 atom stereocenters. The number of H-pyrrole nitrogens is 1. The van der Waals surface area contributed by atoms with Crippen LogP contribution >= 0.6 is 11.6 Å². The van der Waals surface area contributed by atoms with E-state index in [1.807, 2.05) is 0 Å². The van der Waals surface area contributed by atoms with E-state index in [-0.39, 0.29) is 17.3 Å². The topological polar surface area (TPSA) is 95.1 Å². The quantitative estimate of drug-likeness (QED) is 0.744. The predicted molar refractivity (Wildman–Crippen MR) is 79.4 cm³/mol. The molecule has 0 fully saturated rings. The Hall–Kier alpha value is -2.01. The third kappa shape index (κ3) is 3.98. The lowest BCUT2D eigenvalue weighted by molar-refractivity contribution is 0.305. The van der Waals surface area contributed by atoms with E-state index in [9.17, 15) is 8.42 Å². The van der Waals surface area contributed by atoms with Crippen molar-refractivity contribution in [1.82, 2.24) is 9.97 Å². The summed E-state index contributed by atoms with van der Waals surface area (Å²) < 4.78 is 26.7. The Morgan fingerprint density at radius 1 is 1.43 bits per heavy atom. The van der Waals surface area contributed by atoms with Crippen molar-refractivity contribution < 1.29 is 13.5 Å². The molecule has 1 aromatic heterocycles. The van der Waals surface area contributed by atoms with Gasteiger partial charge in [0.15, 0.2) is 5.03 Å². The van der Waals surface area contributed by atoms with Crippen LogP contribution in [0, 0.1) is 11.8 Å². The first-order chi connectivity index (χ1) is 10.0. The third-order valence-electron chi connectivity index (χ3n) is 2.45. The number of nitrogens with zero attached hydrogens (tertiary/aromatic N) is 1. The molecule has 0 radical (unpaired) electrons. The zero-order chi connectivity index (χ0) is 15.3. The monoisotopic (exact) mass is 325 g/mol. The number of imidazole rings is 1. The SMILES string of the molecule is O=S(=O)(Nc1cc(Cl)ccc1C#CCCO)c1cnc[nH]1. The first-order valence-electron chi connectivity index (χ1n) is 5.93. The summed E-state index contributed by atoms with van der Waals surface area (Å²) in [5, 5.41) is 9.04. The summed E-state index contributed by atoms with van der Waals surface area (Å²) in [6, 6.07) is 4.69. The van der Waals surface area contributed by atoms with Crippen LogP contribution < -0.4 is 4.72 Å². The number of halogens is 1. The molecule has 8 heteroatoms. The zero-order valence-corrected chi connectivity index (χ0v) is 12.4.